The van der Waals surface area contributed by atoms with E-state index in [4.69, 9.17) is 9.72 Å². The Kier molecular flexibility index (Phi) is 4.91. The SMILES string of the molecule is COCCN1CCN(c2nc3c(s2)CCCCC3)CC1. The van der Waals surface area contributed by atoms with E-state index in [1.54, 1.807) is 12.0 Å². The normalized spacial score (nSPS) is 20.8. The lowest BCUT2D eigenvalue weighted by Gasteiger charge is -2.34. The molecule has 2 aliphatic rings. The first-order valence-corrected chi connectivity index (χ1v) is 8.63. The van der Waals surface area contributed by atoms with Crippen LogP contribution in [0, 0.1) is 0 Å². The maximum absolute atomic E-state index is 5.16. The maximum Gasteiger partial charge on any atom is 0.185 e. The molecule has 1 fully saturated rings. The number of aryl methyl sites for hydroxylation is 2. The van der Waals surface area contributed by atoms with Crippen molar-refractivity contribution in [2.75, 3.05) is 51.3 Å². The number of thiazole rings is 1. The molecule has 112 valence electrons. The van der Waals surface area contributed by atoms with Gasteiger partial charge in [-0.05, 0) is 25.7 Å². The van der Waals surface area contributed by atoms with Crippen LogP contribution in [0.1, 0.15) is 29.8 Å². The Morgan fingerprint density at radius 3 is 2.70 bits per heavy atom. The number of nitrogens with zero attached hydrogens (tertiary/aromatic N) is 3. The van der Waals surface area contributed by atoms with E-state index in [1.807, 2.05) is 11.3 Å². The summed E-state index contributed by atoms with van der Waals surface area (Å²) in [6.45, 7) is 6.37. The molecule has 3 rings (SSSR count). The van der Waals surface area contributed by atoms with Crippen LogP contribution >= 0.6 is 11.3 Å². The summed E-state index contributed by atoms with van der Waals surface area (Å²) in [7, 11) is 1.78. The van der Waals surface area contributed by atoms with Crippen molar-refractivity contribution in [2.24, 2.45) is 0 Å². The molecule has 1 aliphatic heterocycles. The Morgan fingerprint density at radius 1 is 1.10 bits per heavy atom. The van der Waals surface area contributed by atoms with Crippen LogP contribution in [0.5, 0.6) is 0 Å². The molecular weight excluding hydrogens is 270 g/mol. The predicted octanol–water partition coefficient (Wildman–Crippen LogP) is 2.18. The molecule has 0 radical (unpaired) electrons. The molecule has 0 bridgehead atoms. The second-order valence-corrected chi connectivity index (χ2v) is 6.81. The van der Waals surface area contributed by atoms with Gasteiger partial charge in [0.05, 0.1) is 12.3 Å². The van der Waals surface area contributed by atoms with Crippen molar-refractivity contribution in [3.63, 3.8) is 0 Å². The van der Waals surface area contributed by atoms with Crippen molar-refractivity contribution < 1.29 is 4.74 Å². The van der Waals surface area contributed by atoms with Crippen molar-refractivity contribution >= 4 is 16.5 Å². The number of hydrogen-bond acceptors (Lipinski definition) is 5. The van der Waals surface area contributed by atoms with E-state index in [1.165, 1.54) is 42.9 Å². The summed E-state index contributed by atoms with van der Waals surface area (Å²) < 4.78 is 5.16. The lowest BCUT2D eigenvalue weighted by atomic mass is 10.2. The van der Waals surface area contributed by atoms with Gasteiger partial charge in [-0.3, -0.25) is 4.90 Å². The minimum atomic E-state index is 0.839. The van der Waals surface area contributed by atoms with E-state index in [0.717, 1.165) is 39.3 Å². The number of piperazine rings is 1. The third kappa shape index (κ3) is 3.32. The summed E-state index contributed by atoms with van der Waals surface area (Å²) >= 11 is 1.95. The van der Waals surface area contributed by atoms with E-state index >= 15 is 0 Å². The van der Waals surface area contributed by atoms with Gasteiger partial charge >= 0.3 is 0 Å². The number of aromatic nitrogens is 1. The summed E-state index contributed by atoms with van der Waals surface area (Å²) in [5.74, 6) is 0. The van der Waals surface area contributed by atoms with Crippen molar-refractivity contribution in [1.29, 1.82) is 0 Å². The lowest BCUT2D eigenvalue weighted by molar-refractivity contribution is 0.144. The molecule has 1 saturated heterocycles. The number of methoxy groups -OCH3 is 1. The van der Waals surface area contributed by atoms with Gasteiger partial charge in [-0.2, -0.15) is 0 Å². The van der Waals surface area contributed by atoms with Crippen molar-refractivity contribution in [3.8, 4) is 0 Å². The van der Waals surface area contributed by atoms with Crippen LogP contribution in [-0.2, 0) is 17.6 Å². The van der Waals surface area contributed by atoms with Gasteiger partial charge in [-0.25, -0.2) is 4.98 Å². The minimum Gasteiger partial charge on any atom is -0.383 e. The topological polar surface area (TPSA) is 28.6 Å². The smallest absolute Gasteiger partial charge is 0.185 e. The van der Waals surface area contributed by atoms with Gasteiger partial charge in [-0.1, -0.05) is 6.42 Å². The van der Waals surface area contributed by atoms with Crippen LogP contribution in [-0.4, -0.2) is 56.3 Å². The minimum absolute atomic E-state index is 0.839. The average Bonchev–Trinajstić information content (AvgIpc) is 2.77. The van der Waals surface area contributed by atoms with E-state index in [9.17, 15) is 0 Å². The third-order valence-corrected chi connectivity index (χ3v) is 5.56. The van der Waals surface area contributed by atoms with E-state index < -0.39 is 0 Å². The van der Waals surface area contributed by atoms with Crippen LogP contribution in [0.4, 0.5) is 5.13 Å². The molecular formula is C15H25N3OS. The van der Waals surface area contributed by atoms with Crippen LogP contribution < -0.4 is 4.90 Å². The summed E-state index contributed by atoms with van der Waals surface area (Å²) in [5, 5.41) is 1.27. The first-order chi connectivity index (χ1) is 9.86. The molecule has 0 amide bonds. The molecule has 0 unspecified atom stereocenters. The molecule has 1 aromatic rings. The summed E-state index contributed by atoms with van der Waals surface area (Å²) in [4.78, 5) is 11.4. The molecule has 20 heavy (non-hydrogen) atoms. The van der Waals surface area contributed by atoms with E-state index in [2.05, 4.69) is 9.80 Å². The molecule has 1 aliphatic carbocycles. The van der Waals surface area contributed by atoms with E-state index in [-0.39, 0.29) is 0 Å². The highest BCUT2D eigenvalue weighted by molar-refractivity contribution is 7.15. The first-order valence-electron chi connectivity index (χ1n) is 7.81. The Labute approximate surface area is 125 Å². The second-order valence-electron chi connectivity index (χ2n) is 5.75. The fourth-order valence-corrected chi connectivity index (χ4v) is 4.23. The van der Waals surface area contributed by atoms with Gasteiger partial charge in [0.15, 0.2) is 5.13 Å². The average molecular weight is 295 g/mol. The van der Waals surface area contributed by atoms with Gasteiger partial charge in [0.25, 0.3) is 0 Å². The van der Waals surface area contributed by atoms with E-state index in [0.29, 0.717) is 0 Å². The predicted molar refractivity (Wildman–Crippen MR) is 83.9 cm³/mol. The quantitative estimate of drug-likeness (QED) is 0.796. The van der Waals surface area contributed by atoms with Gasteiger partial charge < -0.3 is 9.64 Å². The molecule has 2 heterocycles. The molecule has 4 nitrogen and oxygen atoms in total. The zero-order valence-electron chi connectivity index (χ0n) is 12.4. The van der Waals surface area contributed by atoms with Crippen LogP contribution in [0.3, 0.4) is 0 Å². The zero-order valence-corrected chi connectivity index (χ0v) is 13.3. The molecule has 5 heteroatoms. The van der Waals surface area contributed by atoms with Gasteiger partial charge in [0.1, 0.15) is 0 Å². The monoisotopic (exact) mass is 295 g/mol. The largest absolute Gasteiger partial charge is 0.383 e. The summed E-state index contributed by atoms with van der Waals surface area (Å²) in [6.07, 6.45) is 6.48. The second kappa shape index (κ2) is 6.87. The molecule has 0 spiro atoms. The van der Waals surface area contributed by atoms with Gasteiger partial charge in [-0.15, -0.1) is 11.3 Å². The number of hydrogen-bond donors (Lipinski definition) is 0. The van der Waals surface area contributed by atoms with Gasteiger partial charge in [0, 0.05) is 44.7 Å². The molecule has 0 aromatic carbocycles. The van der Waals surface area contributed by atoms with Crippen molar-refractivity contribution in [2.45, 2.75) is 32.1 Å². The standard InChI is InChI=1S/C15H25N3OS/c1-19-12-11-17-7-9-18(10-8-17)15-16-13-5-3-2-4-6-14(13)20-15/h2-12H2,1H3. The van der Waals surface area contributed by atoms with Crippen LogP contribution in [0.25, 0.3) is 0 Å². The fourth-order valence-electron chi connectivity index (χ4n) is 3.03. The number of ether oxygens (including phenoxy) is 1. The first kappa shape index (κ1) is 14.3. The molecule has 0 saturated carbocycles. The Hall–Kier alpha value is -0.650. The number of anilines is 1. The summed E-state index contributed by atoms with van der Waals surface area (Å²) in [6, 6.07) is 0. The Balaban J connectivity index is 1.58. The summed E-state index contributed by atoms with van der Waals surface area (Å²) in [5.41, 5.74) is 1.39. The Bertz CT molecular complexity index is 403. The molecule has 0 atom stereocenters. The van der Waals surface area contributed by atoms with Crippen molar-refractivity contribution in [1.82, 2.24) is 9.88 Å². The van der Waals surface area contributed by atoms with Crippen LogP contribution in [0.15, 0.2) is 0 Å². The zero-order chi connectivity index (χ0) is 13.8. The number of fused-ring (bicyclic) bond motifs is 1. The highest BCUT2D eigenvalue weighted by Crippen LogP contribution is 2.31. The molecule has 0 N–H and O–H groups in total. The highest BCUT2D eigenvalue weighted by atomic mass is 32.1. The maximum atomic E-state index is 5.16. The third-order valence-electron chi connectivity index (χ3n) is 4.34. The lowest BCUT2D eigenvalue weighted by Crippen LogP contribution is -2.47. The number of rotatable bonds is 4. The highest BCUT2D eigenvalue weighted by Gasteiger charge is 2.21. The van der Waals surface area contributed by atoms with Crippen LogP contribution in [0.2, 0.25) is 0 Å². The van der Waals surface area contributed by atoms with Gasteiger partial charge in [0.2, 0.25) is 0 Å². The molecule has 1 aromatic heterocycles. The Morgan fingerprint density at radius 2 is 1.90 bits per heavy atom. The van der Waals surface area contributed by atoms with Crippen molar-refractivity contribution in [3.05, 3.63) is 10.6 Å². The fraction of sp³-hybridized carbons (Fsp3) is 0.800.